The normalized spacial score (nSPS) is 20.0. The van der Waals surface area contributed by atoms with Crippen LogP contribution in [0.1, 0.15) is 22.6 Å². The molecule has 126 valence electrons. The van der Waals surface area contributed by atoms with Crippen molar-refractivity contribution in [3.8, 4) is 0 Å². The number of carbonyl (C=O) groups is 1. The Labute approximate surface area is 134 Å². The van der Waals surface area contributed by atoms with Crippen molar-refractivity contribution in [3.63, 3.8) is 0 Å². The first-order valence-corrected chi connectivity index (χ1v) is 7.06. The minimum atomic E-state index is -4.65. The minimum absolute atomic E-state index is 0.115. The molecule has 2 aromatic carbocycles. The molecule has 0 saturated heterocycles. The highest BCUT2D eigenvalue weighted by molar-refractivity contribution is 6.02. The molecule has 2 nitrogen and oxygen atoms in total. The molecule has 0 spiro atoms. The predicted molar refractivity (Wildman–Crippen MR) is 78.1 cm³/mol. The van der Waals surface area contributed by atoms with E-state index in [1.165, 1.54) is 31.3 Å². The molecule has 0 aromatic heterocycles. The van der Waals surface area contributed by atoms with Crippen LogP contribution in [0.3, 0.4) is 0 Å². The van der Waals surface area contributed by atoms with Crippen molar-refractivity contribution in [3.05, 3.63) is 65.2 Å². The number of halogens is 5. The zero-order chi connectivity index (χ0) is 17.7. The van der Waals surface area contributed by atoms with Gasteiger partial charge in [0.2, 0.25) is 0 Å². The fourth-order valence-corrected chi connectivity index (χ4v) is 2.97. The second-order valence-corrected chi connectivity index (χ2v) is 5.60. The number of carbonyl (C=O) groups excluding carboxylic acids is 1. The second kappa shape index (κ2) is 5.29. The van der Waals surface area contributed by atoms with Gasteiger partial charge in [-0.3, -0.25) is 4.79 Å². The molecule has 24 heavy (non-hydrogen) atoms. The van der Waals surface area contributed by atoms with Crippen LogP contribution in [0.4, 0.5) is 27.6 Å². The smallest absolute Gasteiger partial charge is 0.310 e. The van der Waals surface area contributed by atoms with Gasteiger partial charge >= 0.3 is 12.1 Å². The number of alkyl halides is 5. The van der Waals surface area contributed by atoms with E-state index in [9.17, 15) is 26.7 Å². The number of hydrogen-bond donors (Lipinski definition) is 0. The molecule has 2 aromatic rings. The monoisotopic (exact) mass is 341 g/mol. The number of anilines is 1. The van der Waals surface area contributed by atoms with E-state index in [1.807, 2.05) is 0 Å². The summed E-state index contributed by atoms with van der Waals surface area (Å²) in [5.41, 5.74) is -0.900. The standard InChI is InChI=1S/C17H12F5NO/c1-23-13-8-3-2-7-12(13)14(16(18,19)15(23)24)10-5-4-6-11(9-10)17(20,21)22/h2-9,14H,1H3. The van der Waals surface area contributed by atoms with Gasteiger partial charge in [-0.05, 0) is 23.3 Å². The summed E-state index contributed by atoms with van der Waals surface area (Å²) in [7, 11) is 1.22. The van der Waals surface area contributed by atoms with Crippen LogP contribution in [-0.2, 0) is 11.0 Å². The van der Waals surface area contributed by atoms with E-state index in [0.717, 1.165) is 17.0 Å². The Morgan fingerprint density at radius 1 is 1.04 bits per heavy atom. The van der Waals surface area contributed by atoms with Crippen LogP contribution in [0, 0.1) is 0 Å². The number of hydrogen-bond acceptors (Lipinski definition) is 1. The van der Waals surface area contributed by atoms with Crippen molar-refractivity contribution in [1.82, 2.24) is 0 Å². The molecular weight excluding hydrogens is 329 g/mol. The average Bonchev–Trinajstić information content (AvgIpc) is 2.52. The van der Waals surface area contributed by atoms with Gasteiger partial charge in [-0.1, -0.05) is 36.4 Å². The number of nitrogens with zero attached hydrogens (tertiary/aromatic N) is 1. The maximum absolute atomic E-state index is 14.6. The Hall–Kier alpha value is -2.44. The van der Waals surface area contributed by atoms with Gasteiger partial charge in [0.05, 0.1) is 11.5 Å². The Bertz CT molecular complexity index is 800. The third kappa shape index (κ3) is 2.44. The largest absolute Gasteiger partial charge is 0.416 e. The topological polar surface area (TPSA) is 20.3 Å². The van der Waals surface area contributed by atoms with Crippen molar-refractivity contribution >= 4 is 11.6 Å². The average molecular weight is 341 g/mol. The molecule has 0 bridgehead atoms. The molecule has 0 N–H and O–H groups in total. The first kappa shape index (κ1) is 16.4. The van der Waals surface area contributed by atoms with Crippen LogP contribution in [0.5, 0.6) is 0 Å². The minimum Gasteiger partial charge on any atom is -0.310 e. The Kier molecular flexibility index (Phi) is 3.62. The number of benzene rings is 2. The van der Waals surface area contributed by atoms with Crippen LogP contribution >= 0.6 is 0 Å². The van der Waals surface area contributed by atoms with Gasteiger partial charge < -0.3 is 4.90 Å². The molecule has 1 atom stereocenters. The molecule has 1 amide bonds. The SMILES string of the molecule is CN1C(=O)C(F)(F)C(c2cccc(C(F)(F)F)c2)c2ccccc21. The highest BCUT2D eigenvalue weighted by atomic mass is 19.4. The van der Waals surface area contributed by atoms with Crippen molar-refractivity contribution < 1.29 is 26.7 Å². The van der Waals surface area contributed by atoms with Crippen LogP contribution in [-0.4, -0.2) is 18.9 Å². The van der Waals surface area contributed by atoms with Crippen molar-refractivity contribution in [2.45, 2.75) is 18.0 Å². The predicted octanol–water partition coefficient (Wildman–Crippen LogP) is 4.45. The Morgan fingerprint density at radius 2 is 1.71 bits per heavy atom. The van der Waals surface area contributed by atoms with Crippen molar-refractivity contribution in [2.75, 3.05) is 11.9 Å². The van der Waals surface area contributed by atoms with E-state index >= 15 is 0 Å². The molecule has 1 unspecified atom stereocenters. The van der Waals surface area contributed by atoms with Gasteiger partial charge in [0.15, 0.2) is 0 Å². The van der Waals surface area contributed by atoms with E-state index in [-0.39, 0.29) is 16.8 Å². The van der Waals surface area contributed by atoms with Gasteiger partial charge in [-0.15, -0.1) is 0 Å². The van der Waals surface area contributed by atoms with Gasteiger partial charge in [0.1, 0.15) is 0 Å². The molecule has 1 heterocycles. The summed E-state index contributed by atoms with van der Waals surface area (Å²) in [6.07, 6.45) is -4.65. The lowest BCUT2D eigenvalue weighted by atomic mass is 9.81. The zero-order valence-corrected chi connectivity index (χ0v) is 12.4. The van der Waals surface area contributed by atoms with Gasteiger partial charge in [0, 0.05) is 12.7 Å². The van der Waals surface area contributed by atoms with Crippen LogP contribution in [0.15, 0.2) is 48.5 Å². The van der Waals surface area contributed by atoms with Gasteiger partial charge in [0.25, 0.3) is 5.91 Å². The fourth-order valence-electron chi connectivity index (χ4n) is 2.97. The highest BCUT2D eigenvalue weighted by Crippen LogP contribution is 2.48. The molecule has 0 saturated carbocycles. The van der Waals surface area contributed by atoms with Gasteiger partial charge in [-0.25, -0.2) is 0 Å². The number of para-hydroxylation sites is 1. The molecule has 1 aliphatic heterocycles. The highest BCUT2D eigenvalue weighted by Gasteiger charge is 2.54. The molecule has 0 aliphatic carbocycles. The van der Waals surface area contributed by atoms with Gasteiger partial charge in [-0.2, -0.15) is 22.0 Å². The summed E-state index contributed by atoms with van der Waals surface area (Å²) in [5.74, 6) is -7.05. The fraction of sp³-hybridized carbons (Fsp3) is 0.235. The molecule has 0 radical (unpaired) electrons. The molecule has 7 heteroatoms. The van der Waals surface area contributed by atoms with Crippen LogP contribution < -0.4 is 4.90 Å². The van der Waals surface area contributed by atoms with E-state index in [0.29, 0.717) is 6.07 Å². The third-order valence-corrected chi connectivity index (χ3v) is 4.11. The lowest BCUT2D eigenvalue weighted by Gasteiger charge is -2.37. The molecular formula is C17H12F5NO. The quantitative estimate of drug-likeness (QED) is 0.702. The molecule has 1 aliphatic rings. The first-order chi connectivity index (χ1) is 11.1. The summed E-state index contributed by atoms with van der Waals surface area (Å²) in [4.78, 5) is 12.9. The van der Waals surface area contributed by atoms with Crippen molar-refractivity contribution in [2.24, 2.45) is 0 Å². The van der Waals surface area contributed by atoms with E-state index < -0.39 is 29.5 Å². The van der Waals surface area contributed by atoms with E-state index in [1.54, 1.807) is 6.07 Å². The summed E-state index contributed by atoms with van der Waals surface area (Å²) >= 11 is 0. The van der Waals surface area contributed by atoms with Crippen molar-refractivity contribution in [1.29, 1.82) is 0 Å². The second-order valence-electron chi connectivity index (χ2n) is 5.60. The Morgan fingerprint density at radius 3 is 2.38 bits per heavy atom. The maximum Gasteiger partial charge on any atom is 0.416 e. The maximum atomic E-state index is 14.6. The summed E-state index contributed by atoms with van der Waals surface area (Å²) in [6.45, 7) is 0. The summed E-state index contributed by atoms with van der Waals surface area (Å²) < 4.78 is 68.0. The van der Waals surface area contributed by atoms with E-state index in [2.05, 4.69) is 0 Å². The lowest BCUT2D eigenvalue weighted by Crippen LogP contribution is -2.50. The summed E-state index contributed by atoms with van der Waals surface area (Å²) in [6, 6.07) is 9.72. The first-order valence-electron chi connectivity index (χ1n) is 7.06. The Balaban J connectivity index is 2.22. The third-order valence-electron chi connectivity index (χ3n) is 4.11. The number of amides is 1. The number of fused-ring (bicyclic) bond motifs is 1. The van der Waals surface area contributed by atoms with E-state index in [4.69, 9.17) is 0 Å². The zero-order valence-electron chi connectivity index (χ0n) is 12.4. The van der Waals surface area contributed by atoms with Crippen LogP contribution in [0.2, 0.25) is 0 Å². The molecule has 0 fully saturated rings. The lowest BCUT2D eigenvalue weighted by molar-refractivity contribution is -0.145. The van der Waals surface area contributed by atoms with Crippen LogP contribution in [0.25, 0.3) is 0 Å². The summed E-state index contributed by atoms with van der Waals surface area (Å²) in [5, 5.41) is 0. The number of rotatable bonds is 1. The molecule has 3 rings (SSSR count).